The lowest BCUT2D eigenvalue weighted by Crippen LogP contribution is -2.15. The van der Waals surface area contributed by atoms with Gasteiger partial charge in [-0.1, -0.05) is 17.8 Å². The van der Waals surface area contributed by atoms with E-state index in [1.165, 1.54) is 12.8 Å². The van der Waals surface area contributed by atoms with Crippen molar-refractivity contribution in [1.29, 1.82) is 0 Å². The maximum absolute atomic E-state index is 12.2. The third-order valence-corrected chi connectivity index (χ3v) is 5.01. The molecular weight excluding hydrogens is 310 g/mol. The van der Waals surface area contributed by atoms with Gasteiger partial charge in [-0.05, 0) is 38.3 Å². The fourth-order valence-corrected chi connectivity index (χ4v) is 3.67. The van der Waals surface area contributed by atoms with Crippen LogP contribution in [0.15, 0.2) is 34.3 Å². The number of pyridine rings is 1. The molecule has 4 rings (SSSR count). The van der Waals surface area contributed by atoms with Crippen LogP contribution in [0.2, 0.25) is 0 Å². The molecule has 0 saturated heterocycles. The van der Waals surface area contributed by atoms with E-state index in [1.807, 2.05) is 26.0 Å². The minimum Gasteiger partial charge on any atom is -0.303 e. The molecule has 0 aromatic carbocycles. The molecule has 7 heteroatoms. The van der Waals surface area contributed by atoms with Gasteiger partial charge in [0.15, 0.2) is 5.16 Å². The Bertz CT molecular complexity index is 941. The summed E-state index contributed by atoms with van der Waals surface area (Å²) >= 11 is 1.59. The maximum Gasteiger partial charge on any atom is 0.258 e. The number of thioether (sulfide) groups is 1. The van der Waals surface area contributed by atoms with Gasteiger partial charge in [0.05, 0.1) is 5.69 Å². The first kappa shape index (κ1) is 14.4. The van der Waals surface area contributed by atoms with E-state index in [4.69, 9.17) is 0 Å². The average Bonchev–Trinajstić information content (AvgIpc) is 3.30. The molecule has 118 valence electrons. The second kappa shape index (κ2) is 5.49. The number of hydrogen-bond donors (Lipinski definition) is 0. The van der Waals surface area contributed by atoms with E-state index < -0.39 is 0 Å². The molecule has 1 saturated carbocycles. The first-order valence-electron chi connectivity index (χ1n) is 7.65. The SMILES string of the molecule is Cc1cccn2c(=O)cc(CSc3nnc(C)n3C3CC3)nc12. The molecule has 1 aliphatic rings. The molecule has 0 spiro atoms. The quantitative estimate of drug-likeness (QED) is 0.689. The van der Waals surface area contributed by atoms with Gasteiger partial charge in [0.2, 0.25) is 0 Å². The van der Waals surface area contributed by atoms with E-state index in [0.717, 1.165) is 27.9 Å². The zero-order chi connectivity index (χ0) is 16.0. The number of fused-ring (bicyclic) bond motifs is 1. The van der Waals surface area contributed by atoms with Gasteiger partial charge in [-0.2, -0.15) is 0 Å². The van der Waals surface area contributed by atoms with Crippen LogP contribution in [0.3, 0.4) is 0 Å². The van der Waals surface area contributed by atoms with Crippen molar-refractivity contribution in [2.45, 2.75) is 43.6 Å². The Hall–Kier alpha value is -2.15. The summed E-state index contributed by atoms with van der Waals surface area (Å²) in [7, 11) is 0. The summed E-state index contributed by atoms with van der Waals surface area (Å²) in [5.74, 6) is 1.57. The smallest absolute Gasteiger partial charge is 0.258 e. The van der Waals surface area contributed by atoms with E-state index in [1.54, 1.807) is 28.4 Å². The van der Waals surface area contributed by atoms with Gasteiger partial charge in [0, 0.05) is 24.1 Å². The van der Waals surface area contributed by atoms with Crippen LogP contribution < -0.4 is 5.56 Å². The highest BCUT2D eigenvalue weighted by atomic mass is 32.2. The summed E-state index contributed by atoms with van der Waals surface area (Å²) in [6.45, 7) is 3.95. The fraction of sp³-hybridized carbons (Fsp3) is 0.375. The summed E-state index contributed by atoms with van der Waals surface area (Å²) < 4.78 is 3.78. The number of aryl methyl sites for hydroxylation is 2. The molecule has 3 aromatic rings. The normalized spacial score (nSPS) is 14.5. The summed E-state index contributed by atoms with van der Waals surface area (Å²) in [6, 6.07) is 5.97. The van der Waals surface area contributed by atoms with Crippen LogP contribution in [-0.2, 0) is 5.75 Å². The minimum absolute atomic E-state index is 0.0471. The van der Waals surface area contributed by atoms with Crippen molar-refractivity contribution in [2.24, 2.45) is 0 Å². The lowest BCUT2D eigenvalue weighted by Gasteiger charge is -2.07. The summed E-state index contributed by atoms with van der Waals surface area (Å²) in [5.41, 5.74) is 2.44. The van der Waals surface area contributed by atoms with E-state index in [0.29, 0.717) is 11.8 Å². The van der Waals surface area contributed by atoms with Crippen LogP contribution >= 0.6 is 11.8 Å². The highest BCUT2D eigenvalue weighted by Crippen LogP contribution is 2.38. The Morgan fingerprint density at radius 2 is 2.13 bits per heavy atom. The van der Waals surface area contributed by atoms with Crippen LogP contribution in [-0.4, -0.2) is 24.1 Å². The van der Waals surface area contributed by atoms with Crippen molar-refractivity contribution >= 4 is 17.4 Å². The van der Waals surface area contributed by atoms with Crippen LogP contribution in [0.4, 0.5) is 0 Å². The standard InChI is InChI=1S/C16H17N5OS/c1-10-4-3-7-20-14(22)8-12(17-15(10)20)9-23-16-19-18-11(2)21(16)13-5-6-13/h3-4,7-8,13H,5-6,9H2,1-2H3. The third-order valence-electron chi connectivity index (χ3n) is 4.04. The van der Waals surface area contributed by atoms with Crippen molar-refractivity contribution in [2.75, 3.05) is 0 Å². The number of nitrogens with zero attached hydrogens (tertiary/aromatic N) is 5. The zero-order valence-electron chi connectivity index (χ0n) is 13.1. The summed E-state index contributed by atoms with van der Waals surface area (Å²) in [5, 5.41) is 9.35. The van der Waals surface area contributed by atoms with E-state index in [2.05, 4.69) is 19.7 Å². The lowest BCUT2D eigenvalue weighted by atomic mass is 10.3. The van der Waals surface area contributed by atoms with E-state index >= 15 is 0 Å². The molecule has 1 aliphatic carbocycles. The minimum atomic E-state index is -0.0471. The predicted octanol–water partition coefficient (Wildman–Crippen LogP) is 2.53. The largest absolute Gasteiger partial charge is 0.303 e. The van der Waals surface area contributed by atoms with E-state index in [9.17, 15) is 4.79 Å². The first-order valence-corrected chi connectivity index (χ1v) is 8.64. The predicted molar refractivity (Wildman–Crippen MR) is 88.8 cm³/mol. The Morgan fingerprint density at radius 3 is 2.91 bits per heavy atom. The van der Waals surface area contributed by atoms with E-state index in [-0.39, 0.29) is 5.56 Å². The molecule has 23 heavy (non-hydrogen) atoms. The van der Waals surface area contributed by atoms with Crippen LogP contribution in [0.1, 0.15) is 36.0 Å². The molecule has 0 amide bonds. The fourth-order valence-electron chi connectivity index (χ4n) is 2.72. The van der Waals surface area contributed by atoms with Gasteiger partial charge < -0.3 is 4.57 Å². The molecule has 1 fully saturated rings. The van der Waals surface area contributed by atoms with Gasteiger partial charge in [0.1, 0.15) is 11.5 Å². The van der Waals surface area contributed by atoms with Gasteiger partial charge in [-0.3, -0.25) is 9.20 Å². The highest BCUT2D eigenvalue weighted by Gasteiger charge is 2.28. The van der Waals surface area contributed by atoms with Gasteiger partial charge in [-0.25, -0.2) is 4.98 Å². The van der Waals surface area contributed by atoms with Crippen LogP contribution in [0, 0.1) is 13.8 Å². The second-order valence-corrected chi connectivity index (χ2v) is 6.83. The molecule has 0 atom stereocenters. The molecule has 6 nitrogen and oxygen atoms in total. The van der Waals surface area contributed by atoms with Crippen molar-refractivity contribution in [1.82, 2.24) is 24.1 Å². The third kappa shape index (κ3) is 2.65. The van der Waals surface area contributed by atoms with Crippen molar-refractivity contribution in [3.8, 4) is 0 Å². The zero-order valence-corrected chi connectivity index (χ0v) is 13.9. The van der Waals surface area contributed by atoms with Crippen LogP contribution in [0.5, 0.6) is 0 Å². The molecular formula is C16H17N5OS. The summed E-state index contributed by atoms with van der Waals surface area (Å²) in [6.07, 6.45) is 4.14. The molecule has 3 heterocycles. The number of aromatic nitrogens is 5. The Morgan fingerprint density at radius 1 is 1.30 bits per heavy atom. The molecule has 0 bridgehead atoms. The molecule has 0 unspecified atom stereocenters. The van der Waals surface area contributed by atoms with Crippen molar-refractivity contribution in [3.05, 3.63) is 51.8 Å². The second-order valence-electron chi connectivity index (χ2n) is 5.89. The maximum atomic E-state index is 12.2. The van der Waals surface area contributed by atoms with Crippen molar-refractivity contribution in [3.63, 3.8) is 0 Å². The van der Waals surface area contributed by atoms with Crippen LogP contribution in [0.25, 0.3) is 5.65 Å². The number of rotatable bonds is 4. The van der Waals surface area contributed by atoms with Gasteiger partial charge >= 0.3 is 0 Å². The molecule has 0 aliphatic heterocycles. The Balaban J connectivity index is 1.64. The topological polar surface area (TPSA) is 65.1 Å². The first-order chi connectivity index (χ1) is 11.1. The Labute approximate surface area is 137 Å². The average molecular weight is 327 g/mol. The lowest BCUT2D eigenvalue weighted by molar-refractivity contribution is 0.644. The molecule has 0 radical (unpaired) electrons. The highest BCUT2D eigenvalue weighted by molar-refractivity contribution is 7.98. The summed E-state index contributed by atoms with van der Waals surface area (Å²) in [4.78, 5) is 16.9. The molecule has 0 N–H and O–H groups in total. The molecule has 3 aromatic heterocycles. The number of hydrogen-bond acceptors (Lipinski definition) is 5. The van der Waals surface area contributed by atoms with Gasteiger partial charge in [-0.15, -0.1) is 10.2 Å². The monoisotopic (exact) mass is 327 g/mol. The Kier molecular flexibility index (Phi) is 3.45. The van der Waals surface area contributed by atoms with Gasteiger partial charge in [0.25, 0.3) is 5.56 Å². The van der Waals surface area contributed by atoms with Crippen molar-refractivity contribution < 1.29 is 0 Å².